The van der Waals surface area contributed by atoms with Crippen molar-refractivity contribution in [3.63, 3.8) is 0 Å². The Labute approximate surface area is 100 Å². The SMILES string of the molecule is CC(C)(C)OC(=O)Cc1c[nH]c2cccnc12. The number of esters is 1. The molecule has 0 saturated heterocycles. The molecule has 0 unspecified atom stereocenters. The van der Waals surface area contributed by atoms with Gasteiger partial charge in [-0.1, -0.05) is 0 Å². The number of fused-ring (bicyclic) bond motifs is 1. The molecule has 0 radical (unpaired) electrons. The second-order valence-corrected chi connectivity index (χ2v) is 4.98. The van der Waals surface area contributed by atoms with E-state index < -0.39 is 5.60 Å². The third-order valence-electron chi connectivity index (χ3n) is 2.27. The minimum atomic E-state index is -0.448. The fraction of sp³-hybridized carbons (Fsp3) is 0.385. The van der Waals surface area contributed by atoms with Crippen LogP contribution in [0.2, 0.25) is 0 Å². The minimum Gasteiger partial charge on any atom is -0.460 e. The molecule has 17 heavy (non-hydrogen) atoms. The van der Waals surface area contributed by atoms with Crippen molar-refractivity contribution in [1.82, 2.24) is 9.97 Å². The summed E-state index contributed by atoms with van der Waals surface area (Å²) in [5.41, 5.74) is 2.19. The third-order valence-corrected chi connectivity index (χ3v) is 2.27. The molecule has 0 fully saturated rings. The first kappa shape index (κ1) is 11.6. The van der Waals surface area contributed by atoms with E-state index in [4.69, 9.17) is 4.74 Å². The van der Waals surface area contributed by atoms with Crippen LogP contribution in [0, 0.1) is 0 Å². The molecule has 0 aliphatic rings. The lowest BCUT2D eigenvalue weighted by molar-refractivity contribution is -0.153. The summed E-state index contributed by atoms with van der Waals surface area (Å²) in [6.45, 7) is 5.58. The zero-order valence-corrected chi connectivity index (χ0v) is 10.3. The lowest BCUT2D eigenvalue weighted by Gasteiger charge is -2.19. The van der Waals surface area contributed by atoms with E-state index in [9.17, 15) is 4.79 Å². The van der Waals surface area contributed by atoms with Gasteiger partial charge in [0.15, 0.2) is 0 Å². The lowest BCUT2D eigenvalue weighted by Crippen LogP contribution is -2.24. The Kier molecular flexibility index (Phi) is 2.88. The highest BCUT2D eigenvalue weighted by Crippen LogP contribution is 2.17. The Morgan fingerprint density at radius 2 is 2.24 bits per heavy atom. The number of hydrogen-bond acceptors (Lipinski definition) is 3. The quantitative estimate of drug-likeness (QED) is 0.809. The minimum absolute atomic E-state index is 0.232. The van der Waals surface area contributed by atoms with E-state index in [1.165, 1.54) is 0 Å². The number of carbonyl (C=O) groups is 1. The maximum absolute atomic E-state index is 11.7. The van der Waals surface area contributed by atoms with Gasteiger partial charge in [0.2, 0.25) is 0 Å². The van der Waals surface area contributed by atoms with Crippen LogP contribution < -0.4 is 0 Å². The standard InChI is InChI=1S/C13H16N2O2/c1-13(2,3)17-11(16)7-9-8-15-10-5-4-6-14-12(9)10/h4-6,8,15H,7H2,1-3H3. The highest BCUT2D eigenvalue weighted by atomic mass is 16.6. The van der Waals surface area contributed by atoms with Gasteiger partial charge in [0.05, 0.1) is 17.5 Å². The largest absolute Gasteiger partial charge is 0.460 e. The van der Waals surface area contributed by atoms with Crippen molar-refractivity contribution in [2.45, 2.75) is 32.8 Å². The monoisotopic (exact) mass is 232 g/mol. The van der Waals surface area contributed by atoms with E-state index in [1.807, 2.05) is 39.1 Å². The zero-order chi connectivity index (χ0) is 12.5. The van der Waals surface area contributed by atoms with Gasteiger partial charge >= 0.3 is 5.97 Å². The van der Waals surface area contributed by atoms with Crippen molar-refractivity contribution in [2.24, 2.45) is 0 Å². The second kappa shape index (κ2) is 4.20. The fourth-order valence-electron chi connectivity index (χ4n) is 1.68. The Morgan fingerprint density at radius 3 is 2.94 bits per heavy atom. The van der Waals surface area contributed by atoms with Crippen LogP contribution in [0.5, 0.6) is 0 Å². The number of nitrogens with zero attached hydrogens (tertiary/aromatic N) is 1. The molecule has 2 rings (SSSR count). The maximum Gasteiger partial charge on any atom is 0.310 e. The summed E-state index contributed by atoms with van der Waals surface area (Å²) in [5.74, 6) is -0.232. The molecule has 0 atom stereocenters. The van der Waals surface area contributed by atoms with Crippen LogP contribution in [-0.4, -0.2) is 21.5 Å². The van der Waals surface area contributed by atoms with Gasteiger partial charge in [-0.05, 0) is 32.9 Å². The highest BCUT2D eigenvalue weighted by Gasteiger charge is 2.18. The van der Waals surface area contributed by atoms with Crippen LogP contribution in [0.3, 0.4) is 0 Å². The molecule has 1 N–H and O–H groups in total. The number of pyridine rings is 1. The summed E-state index contributed by atoms with van der Waals surface area (Å²) in [6.07, 6.45) is 3.77. The average molecular weight is 232 g/mol. The molecule has 0 aromatic carbocycles. The topological polar surface area (TPSA) is 55.0 Å². The Hall–Kier alpha value is -1.84. The number of rotatable bonds is 2. The molecule has 2 aromatic heterocycles. The van der Waals surface area contributed by atoms with Gasteiger partial charge in [0.25, 0.3) is 0 Å². The van der Waals surface area contributed by atoms with Crippen LogP contribution in [0.4, 0.5) is 0 Å². The number of aromatic nitrogens is 2. The summed E-state index contributed by atoms with van der Waals surface area (Å²) >= 11 is 0. The maximum atomic E-state index is 11.7. The van der Waals surface area contributed by atoms with Gasteiger partial charge in [-0.3, -0.25) is 9.78 Å². The van der Waals surface area contributed by atoms with Crippen LogP contribution in [0.1, 0.15) is 26.3 Å². The first-order valence-electron chi connectivity index (χ1n) is 5.58. The van der Waals surface area contributed by atoms with Gasteiger partial charge in [-0.25, -0.2) is 0 Å². The van der Waals surface area contributed by atoms with Crippen LogP contribution in [0.25, 0.3) is 11.0 Å². The lowest BCUT2D eigenvalue weighted by atomic mass is 10.1. The van der Waals surface area contributed by atoms with E-state index >= 15 is 0 Å². The molecule has 2 aromatic rings. The molecular weight excluding hydrogens is 216 g/mol. The fourth-order valence-corrected chi connectivity index (χ4v) is 1.68. The summed E-state index contributed by atoms with van der Waals surface area (Å²) in [4.78, 5) is 19.0. The average Bonchev–Trinajstić information content (AvgIpc) is 2.59. The Bertz CT molecular complexity index is 538. The summed E-state index contributed by atoms with van der Waals surface area (Å²) in [6, 6.07) is 3.79. The molecule has 0 saturated carbocycles. The molecule has 0 aliphatic carbocycles. The number of aromatic amines is 1. The number of carbonyl (C=O) groups excluding carboxylic acids is 1. The molecule has 0 spiro atoms. The van der Waals surface area contributed by atoms with E-state index in [0.717, 1.165) is 16.6 Å². The van der Waals surface area contributed by atoms with Gasteiger partial charge in [0, 0.05) is 18.0 Å². The van der Waals surface area contributed by atoms with Gasteiger partial charge in [0.1, 0.15) is 5.60 Å². The molecule has 4 nitrogen and oxygen atoms in total. The first-order valence-corrected chi connectivity index (χ1v) is 5.58. The van der Waals surface area contributed by atoms with Crippen molar-refractivity contribution >= 4 is 17.0 Å². The molecule has 2 heterocycles. The van der Waals surface area contributed by atoms with Crippen LogP contribution in [-0.2, 0) is 16.0 Å². The summed E-state index contributed by atoms with van der Waals surface area (Å²) in [5, 5.41) is 0. The van der Waals surface area contributed by atoms with Gasteiger partial charge < -0.3 is 9.72 Å². The predicted octanol–water partition coefficient (Wildman–Crippen LogP) is 2.45. The number of H-pyrrole nitrogens is 1. The van der Waals surface area contributed by atoms with Crippen LogP contribution >= 0.6 is 0 Å². The smallest absolute Gasteiger partial charge is 0.310 e. The van der Waals surface area contributed by atoms with Crippen molar-refractivity contribution < 1.29 is 9.53 Å². The van der Waals surface area contributed by atoms with E-state index in [0.29, 0.717) is 0 Å². The van der Waals surface area contributed by atoms with Crippen LogP contribution in [0.15, 0.2) is 24.5 Å². The van der Waals surface area contributed by atoms with Crippen molar-refractivity contribution in [2.75, 3.05) is 0 Å². The molecule has 4 heteroatoms. The normalized spacial score (nSPS) is 11.7. The zero-order valence-electron chi connectivity index (χ0n) is 10.3. The first-order chi connectivity index (χ1) is 7.96. The predicted molar refractivity (Wildman–Crippen MR) is 65.6 cm³/mol. The number of hydrogen-bond donors (Lipinski definition) is 1. The number of nitrogens with one attached hydrogen (secondary N) is 1. The molecule has 90 valence electrons. The molecular formula is C13H16N2O2. The molecule has 0 amide bonds. The molecule has 0 aliphatic heterocycles. The number of ether oxygens (including phenoxy) is 1. The summed E-state index contributed by atoms with van der Waals surface area (Å²) < 4.78 is 5.28. The summed E-state index contributed by atoms with van der Waals surface area (Å²) in [7, 11) is 0. The van der Waals surface area contributed by atoms with Crippen molar-refractivity contribution in [3.8, 4) is 0 Å². The Balaban J connectivity index is 2.16. The van der Waals surface area contributed by atoms with Gasteiger partial charge in [-0.2, -0.15) is 0 Å². The van der Waals surface area contributed by atoms with Gasteiger partial charge in [-0.15, -0.1) is 0 Å². The highest BCUT2D eigenvalue weighted by molar-refractivity contribution is 5.84. The van der Waals surface area contributed by atoms with E-state index in [1.54, 1.807) is 6.20 Å². The second-order valence-electron chi connectivity index (χ2n) is 4.98. The van der Waals surface area contributed by atoms with Crippen molar-refractivity contribution in [1.29, 1.82) is 0 Å². The van der Waals surface area contributed by atoms with E-state index in [2.05, 4.69) is 9.97 Å². The third kappa shape index (κ3) is 2.84. The molecule has 0 bridgehead atoms. The van der Waals surface area contributed by atoms with Crippen molar-refractivity contribution in [3.05, 3.63) is 30.1 Å². The van der Waals surface area contributed by atoms with E-state index in [-0.39, 0.29) is 12.4 Å². The Morgan fingerprint density at radius 1 is 1.47 bits per heavy atom.